The second-order valence-corrected chi connectivity index (χ2v) is 6.50. The molecule has 0 unspecified atom stereocenters. The van der Waals surface area contributed by atoms with E-state index in [1.807, 2.05) is 6.20 Å². The molecule has 0 aliphatic carbocycles. The molecule has 1 heterocycles. The molecule has 0 aliphatic heterocycles. The molecule has 0 saturated carbocycles. The zero-order valence-corrected chi connectivity index (χ0v) is 15.1. The Balaban J connectivity index is 1.73. The number of aromatic carboxylic acids is 1. The van der Waals surface area contributed by atoms with E-state index in [1.165, 1.54) is 44.9 Å². The highest BCUT2D eigenvalue weighted by molar-refractivity contribution is 5.88. The first-order chi connectivity index (χ1) is 12.2. The van der Waals surface area contributed by atoms with E-state index in [2.05, 4.69) is 16.9 Å². The molecule has 134 valence electrons. The Kier molecular flexibility index (Phi) is 8.10. The lowest BCUT2D eigenvalue weighted by Crippen LogP contribution is -1.96. The summed E-state index contributed by atoms with van der Waals surface area (Å²) in [7, 11) is 0. The molecule has 1 aromatic heterocycles. The van der Waals surface area contributed by atoms with E-state index in [-0.39, 0.29) is 5.56 Å². The van der Waals surface area contributed by atoms with Gasteiger partial charge < -0.3 is 5.11 Å². The van der Waals surface area contributed by atoms with Crippen molar-refractivity contribution in [1.29, 1.82) is 0 Å². The van der Waals surface area contributed by atoms with E-state index in [0.29, 0.717) is 0 Å². The lowest BCUT2D eigenvalue weighted by Gasteiger charge is -2.04. The third-order valence-electron chi connectivity index (χ3n) is 4.42. The van der Waals surface area contributed by atoms with Crippen molar-refractivity contribution in [2.75, 3.05) is 0 Å². The molecule has 2 rings (SSSR count). The summed E-state index contributed by atoms with van der Waals surface area (Å²) >= 11 is 0. The summed E-state index contributed by atoms with van der Waals surface area (Å²) in [4.78, 5) is 19.8. The molecule has 0 aliphatic rings. The molecule has 0 amide bonds. The van der Waals surface area contributed by atoms with Gasteiger partial charge in [0.05, 0.1) is 23.1 Å². The first kappa shape index (κ1) is 19.1. The van der Waals surface area contributed by atoms with Gasteiger partial charge in [0.25, 0.3) is 0 Å². The third-order valence-corrected chi connectivity index (χ3v) is 4.42. The first-order valence-electron chi connectivity index (χ1n) is 9.35. The molecule has 0 spiro atoms. The number of unbranched alkanes of at least 4 members (excludes halogenated alkanes) is 7. The van der Waals surface area contributed by atoms with Crippen LogP contribution in [-0.2, 0) is 6.42 Å². The second-order valence-electron chi connectivity index (χ2n) is 6.50. The van der Waals surface area contributed by atoms with Gasteiger partial charge >= 0.3 is 5.97 Å². The van der Waals surface area contributed by atoms with Crippen molar-refractivity contribution in [2.24, 2.45) is 0 Å². The quantitative estimate of drug-likeness (QED) is 0.547. The van der Waals surface area contributed by atoms with Gasteiger partial charge in [-0.2, -0.15) is 0 Å². The smallest absolute Gasteiger partial charge is 0.335 e. The number of carboxylic acid groups (broad SMARTS) is 1. The molecule has 0 fully saturated rings. The highest BCUT2D eigenvalue weighted by atomic mass is 16.4. The number of hydrogen-bond acceptors (Lipinski definition) is 3. The van der Waals surface area contributed by atoms with Crippen LogP contribution in [-0.4, -0.2) is 21.0 Å². The summed E-state index contributed by atoms with van der Waals surface area (Å²) in [5.41, 5.74) is 2.97. The number of nitrogens with zero attached hydrogens (tertiary/aromatic N) is 2. The Bertz CT molecular complexity index is 636. The minimum absolute atomic E-state index is 0.281. The minimum Gasteiger partial charge on any atom is -0.478 e. The van der Waals surface area contributed by atoms with Gasteiger partial charge in [0.2, 0.25) is 0 Å². The molecule has 25 heavy (non-hydrogen) atoms. The highest BCUT2D eigenvalue weighted by Gasteiger charge is 2.05. The Hall–Kier alpha value is -2.23. The van der Waals surface area contributed by atoms with Gasteiger partial charge in [-0.25, -0.2) is 4.79 Å². The van der Waals surface area contributed by atoms with Crippen LogP contribution in [0.25, 0.3) is 11.3 Å². The van der Waals surface area contributed by atoms with Gasteiger partial charge in [-0.05, 0) is 25.0 Å². The van der Waals surface area contributed by atoms with Crippen LogP contribution < -0.4 is 0 Å². The van der Waals surface area contributed by atoms with Crippen LogP contribution in [0.4, 0.5) is 0 Å². The molecular formula is C21H28N2O2. The first-order valence-corrected chi connectivity index (χ1v) is 9.35. The van der Waals surface area contributed by atoms with Gasteiger partial charge in [-0.3, -0.25) is 9.97 Å². The summed E-state index contributed by atoms with van der Waals surface area (Å²) in [6.07, 6.45) is 15.1. The summed E-state index contributed by atoms with van der Waals surface area (Å²) < 4.78 is 0. The molecule has 1 N–H and O–H groups in total. The van der Waals surface area contributed by atoms with Crippen LogP contribution >= 0.6 is 0 Å². The topological polar surface area (TPSA) is 63.1 Å². The predicted molar refractivity (Wildman–Crippen MR) is 101 cm³/mol. The average molecular weight is 340 g/mol. The SMILES string of the molecule is CCCCCCCCCCc1cnc(-c2ccc(C(=O)O)cc2)cn1. The molecular weight excluding hydrogens is 312 g/mol. The monoisotopic (exact) mass is 340 g/mol. The summed E-state index contributed by atoms with van der Waals surface area (Å²) in [5, 5.41) is 8.93. The standard InChI is InChI=1S/C21H28N2O2/c1-2-3-4-5-6-7-8-9-10-19-15-23-20(16-22-19)17-11-13-18(14-12-17)21(24)25/h11-16H,2-10H2,1H3,(H,24,25). The van der Waals surface area contributed by atoms with Gasteiger partial charge in [-0.1, -0.05) is 64.0 Å². The molecule has 0 bridgehead atoms. The van der Waals surface area contributed by atoms with Crippen LogP contribution in [0, 0.1) is 0 Å². The number of aromatic nitrogens is 2. The van der Waals surface area contributed by atoms with E-state index >= 15 is 0 Å². The van der Waals surface area contributed by atoms with Crippen molar-refractivity contribution in [3.63, 3.8) is 0 Å². The maximum absolute atomic E-state index is 10.9. The number of carboxylic acids is 1. The predicted octanol–water partition coefficient (Wildman–Crippen LogP) is 5.53. The Morgan fingerprint density at radius 1 is 0.880 bits per heavy atom. The zero-order chi connectivity index (χ0) is 17.9. The third kappa shape index (κ3) is 6.65. The van der Waals surface area contributed by atoms with E-state index in [4.69, 9.17) is 5.11 Å². The minimum atomic E-state index is -0.918. The zero-order valence-electron chi connectivity index (χ0n) is 15.1. The van der Waals surface area contributed by atoms with Crippen molar-refractivity contribution in [3.8, 4) is 11.3 Å². The molecule has 2 aromatic rings. The maximum Gasteiger partial charge on any atom is 0.335 e. The van der Waals surface area contributed by atoms with Crippen molar-refractivity contribution in [3.05, 3.63) is 47.9 Å². The normalized spacial score (nSPS) is 10.8. The molecule has 0 atom stereocenters. The van der Waals surface area contributed by atoms with Crippen LogP contribution in [0.15, 0.2) is 36.7 Å². The van der Waals surface area contributed by atoms with Gasteiger partial charge in [0, 0.05) is 11.8 Å². The Morgan fingerprint density at radius 2 is 1.52 bits per heavy atom. The summed E-state index contributed by atoms with van der Waals surface area (Å²) in [6, 6.07) is 6.72. The fourth-order valence-corrected chi connectivity index (χ4v) is 2.86. The number of hydrogen-bond donors (Lipinski definition) is 1. The fourth-order valence-electron chi connectivity index (χ4n) is 2.86. The van der Waals surface area contributed by atoms with E-state index in [0.717, 1.165) is 29.8 Å². The van der Waals surface area contributed by atoms with Crippen LogP contribution in [0.5, 0.6) is 0 Å². The number of carbonyl (C=O) groups is 1. The van der Waals surface area contributed by atoms with E-state index < -0.39 is 5.97 Å². The lowest BCUT2D eigenvalue weighted by molar-refractivity contribution is 0.0697. The average Bonchev–Trinajstić information content (AvgIpc) is 2.64. The maximum atomic E-state index is 10.9. The van der Waals surface area contributed by atoms with Crippen LogP contribution in [0.3, 0.4) is 0 Å². The lowest BCUT2D eigenvalue weighted by atomic mass is 10.1. The van der Waals surface area contributed by atoms with E-state index in [1.54, 1.807) is 30.5 Å². The van der Waals surface area contributed by atoms with Crippen molar-refractivity contribution in [2.45, 2.75) is 64.7 Å². The fraction of sp³-hybridized carbons (Fsp3) is 0.476. The molecule has 4 heteroatoms. The number of benzene rings is 1. The van der Waals surface area contributed by atoms with Crippen molar-refractivity contribution < 1.29 is 9.90 Å². The largest absolute Gasteiger partial charge is 0.478 e. The molecule has 0 radical (unpaired) electrons. The Morgan fingerprint density at radius 3 is 2.08 bits per heavy atom. The summed E-state index contributed by atoms with van der Waals surface area (Å²) in [6.45, 7) is 2.25. The summed E-state index contributed by atoms with van der Waals surface area (Å²) in [5.74, 6) is -0.918. The highest BCUT2D eigenvalue weighted by Crippen LogP contribution is 2.17. The molecule has 1 aromatic carbocycles. The van der Waals surface area contributed by atoms with Crippen molar-refractivity contribution >= 4 is 5.97 Å². The van der Waals surface area contributed by atoms with Crippen LogP contribution in [0.1, 0.15) is 74.3 Å². The Labute approximate surface area is 150 Å². The van der Waals surface area contributed by atoms with Gasteiger partial charge in [0.1, 0.15) is 0 Å². The molecule has 0 saturated heterocycles. The van der Waals surface area contributed by atoms with Crippen LogP contribution in [0.2, 0.25) is 0 Å². The number of aryl methyl sites for hydroxylation is 1. The van der Waals surface area contributed by atoms with Gasteiger partial charge in [0.15, 0.2) is 0 Å². The van der Waals surface area contributed by atoms with Gasteiger partial charge in [-0.15, -0.1) is 0 Å². The number of rotatable bonds is 11. The van der Waals surface area contributed by atoms with E-state index in [9.17, 15) is 4.79 Å². The van der Waals surface area contributed by atoms with Crippen molar-refractivity contribution in [1.82, 2.24) is 9.97 Å². The molecule has 4 nitrogen and oxygen atoms in total. The second kappa shape index (κ2) is 10.6.